The summed E-state index contributed by atoms with van der Waals surface area (Å²) in [4.78, 5) is 26.2. The van der Waals surface area contributed by atoms with Crippen LogP contribution < -0.4 is 5.32 Å². The van der Waals surface area contributed by atoms with Gasteiger partial charge in [-0.05, 0) is 61.9 Å². The summed E-state index contributed by atoms with van der Waals surface area (Å²) in [5, 5.41) is 21.9. The number of esters is 1. The molecule has 0 saturated heterocycles. The van der Waals surface area contributed by atoms with Crippen molar-refractivity contribution in [3.63, 3.8) is 0 Å². The molecule has 1 amide bonds. The average molecular weight is 396 g/mol. The van der Waals surface area contributed by atoms with Gasteiger partial charge in [-0.15, -0.1) is 11.3 Å². The minimum Gasteiger partial charge on any atom is -0.508 e. The molecule has 2 N–H and O–H groups in total. The molecule has 6 nitrogen and oxygen atoms in total. The van der Waals surface area contributed by atoms with Gasteiger partial charge in [0.1, 0.15) is 22.4 Å². The predicted molar refractivity (Wildman–Crippen MR) is 107 cm³/mol. The molecule has 1 heterocycles. The quantitative estimate of drug-likeness (QED) is 0.451. The summed E-state index contributed by atoms with van der Waals surface area (Å²) in [7, 11) is 0. The second-order valence-corrected chi connectivity index (χ2v) is 7.46. The van der Waals surface area contributed by atoms with Crippen LogP contribution in [0.3, 0.4) is 0 Å². The van der Waals surface area contributed by atoms with Crippen molar-refractivity contribution in [2.75, 3.05) is 11.9 Å². The van der Waals surface area contributed by atoms with Gasteiger partial charge >= 0.3 is 5.97 Å². The number of rotatable bonds is 5. The van der Waals surface area contributed by atoms with Crippen molar-refractivity contribution in [1.82, 2.24) is 0 Å². The molecule has 7 heteroatoms. The minimum atomic E-state index is -0.584. The van der Waals surface area contributed by atoms with Crippen LogP contribution in [0.1, 0.15) is 46.1 Å². The first kappa shape index (κ1) is 19.6. The average Bonchev–Trinajstić information content (AvgIpc) is 3.05. The molecule has 0 atom stereocenters. The molecule has 144 valence electrons. The molecule has 0 bridgehead atoms. The van der Waals surface area contributed by atoms with Crippen LogP contribution in [0.4, 0.5) is 5.00 Å². The summed E-state index contributed by atoms with van der Waals surface area (Å²) >= 11 is 1.38. The lowest BCUT2D eigenvalue weighted by Crippen LogP contribution is -2.16. The number of nitriles is 1. The molecule has 1 aromatic heterocycles. The number of phenols is 1. The molecule has 1 aliphatic rings. The fraction of sp³-hybridized carbons (Fsp3) is 0.286. The number of anilines is 1. The van der Waals surface area contributed by atoms with Crippen LogP contribution in [0.2, 0.25) is 0 Å². The number of carbonyl (C=O) groups excluding carboxylic acids is 2. The summed E-state index contributed by atoms with van der Waals surface area (Å²) in [5.41, 5.74) is 1.88. The molecular weight excluding hydrogens is 376 g/mol. The fourth-order valence-corrected chi connectivity index (χ4v) is 4.40. The van der Waals surface area contributed by atoms with E-state index in [0.717, 1.165) is 36.1 Å². The normalized spacial score (nSPS) is 13.4. The van der Waals surface area contributed by atoms with E-state index in [4.69, 9.17) is 4.74 Å². The maximum Gasteiger partial charge on any atom is 0.341 e. The zero-order valence-electron chi connectivity index (χ0n) is 15.4. The highest BCUT2D eigenvalue weighted by Gasteiger charge is 2.27. The standard InChI is InChI=1S/C21H20N2O4S/c1-2-27-21(26)18-16-5-3-4-6-17(16)28-20(18)23-19(25)14(12-22)11-13-7-9-15(24)10-8-13/h7-11,24H,2-6H2,1H3,(H,23,25)/b14-11+. The summed E-state index contributed by atoms with van der Waals surface area (Å²) in [6.07, 6.45) is 5.13. The largest absolute Gasteiger partial charge is 0.508 e. The number of ether oxygens (including phenoxy) is 1. The van der Waals surface area contributed by atoms with Crippen molar-refractivity contribution in [2.24, 2.45) is 0 Å². The van der Waals surface area contributed by atoms with Gasteiger partial charge in [0.25, 0.3) is 5.91 Å². The van der Waals surface area contributed by atoms with Crippen LogP contribution in [0.25, 0.3) is 6.08 Å². The molecule has 0 saturated carbocycles. The van der Waals surface area contributed by atoms with E-state index in [1.165, 1.54) is 29.5 Å². The number of nitrogens with one attached hydrogen (secondary N) is 1. The SMILES string of the molecule is CCOC(=O)c1c(NC(=O)/C(C#N)=C/c2ccc(O)cc2)sc2c1CCCC2. The van der Waals surface area contributed by atoms with Crippen molar-refractivity contribution in [2.45, 2.75) is 32.6 Å². The third kappa shape index (κ3) is 4.24. The Hall–Kier alpha value is -3.11. The Morgan fingerprint density at radius 1 is 1.29 bits per heavy atom. The Morgan fingerprint density at radius 2 is 2.00 bits per heavy atom. The van der Waals surface area contributed by atoms with Gasteiger partial charge in [0.15, 0.2) is 0 Å². The highest BCUT2D eigenvalue weighted by Crippen LogP contribution is 2.38. The Morgan fingerprint density at radius 3 is 2.68 bits per heavy atom. The summed E-state index contributed by atoms with van der Waals surface area (Å²) in [6, 6.07) is 8.06. The van der Waals surface area contributed by atoms with Crippen LogP contribution in [-0.2, 0) is 22.4 Å². The molecule has 0 spiro atoms. The number of hydrogen-bond acceptors (Lipinski definition) is 6. The smallest absolute Gasteiger partial charge is 0.341 e. The lowest BCUT2D eigenvalue weighted by Gasteiger charge is -2.12. The lowest BCUT2D eigenvalue weighted by molar-refractivity contribution is -0.112. The second-order valence-electron chi connectivity index (χ2n) is 6.35. The second kappa shape index (κ2) is 8.72. The Bertz CT molecular complexity index is 968. The van der Waals surface area contributed by atoms with Gasteiger partial charge in [0, 0.05) is 4.88 Å². The van der Waals surface area contributed by atoms with E-state index in [1.54, 1.807) is 19.1 Å². The van der Waals surface area contributed by atoms with Crippen LogP contribution in [0.5, 0.6) is 5.75 Å². The number of nitrogens with zero attached hydrogens (tertiary/aromatic N) is 1. The third-order valence-corrected chi connectivity index (χ3v) is 5.65. The number of hydrogen-bond donors (Lipinski definition) is 2. The van der Waals surface area contributed by atoms with Gasteiger partial charge in [0.05, 0.1) is 12.2 Å². The molecule has 1 aliphatic carbocycles. The van der Waals surface area contributed by atoms with Gasteiger partial charge in [-0.1, -0.05) is 12.1 Å². The molecule has 0 fully saturated rings. The Kier molecular flexibility index (Phi) is 6.12. The number of thiophene rings is 1. The van der Waals surface area contributed by atoms with E-state index >= 15 is 0 Å². The highest BCUT2D eigenvalue weighted by molar-refractivity contribution is 7.17. The van der Waals surface area contributed by atoms with Crippen LogP contribution in [-0.4, -0.2) is 23.6 Å². The van der Waals surface area contributed by atoms with Crippen molar-refractivity contribution in [3.8, 4) is 11.8 Å². The molecule has 0 radical (unpaired) electrons. The van der Waals surface area contributed by atoms with E-state index in [-0.39, 0.29) is 17.9 Å². The molecule has 0 aliphatic heterocycles. The Labute approximate surface area is 167 Å². The summed E-state index contributed by atoms with van der Waals surface area (Å²) in [5.74, 6) is -0.929. The molecule has 1 aromatic carbocycles. The van der Waals surface area contributed by atoms with E-state index < -0.39 is 11.9 Å². The van der Waals surface area contributed by atoms with Gasteiger partial charge in [0.2, 0.25) is 0 Å². The zero-order chi connectivity index (χ0) is 20.1. The van der Waals surface area contributed by atoms with Gasteiger partial charge in [-0.25, -0.2) is 4.79 Å². The topological polar surface area (TPSA) is 99.4 Å². The van der Waals surface area contributed by atoms with Gasteiger partial charge in [-0.3, -0.25) is 4.79 Å². The maximum absolute atomic E-state index is 12.7. The van der Waals surface area contributed by atoms with Crippen LogP contribution in [0, 0.1) is 11.3 Å². The maximum atomic E-state index is 12.7. The number of fused-ring (bicyclic) bond motifs is 1. The fourth-order valence-electron chi connectivity index (χ4n) is 3.13. The van der Waals surface area contributed by atoms with Gasteiger partial charge in [-0.2, -0.15) is 5.26 Å². The first-order chi connectivity index (χ1) is 13.5. The first-order valence-corrected chi connectivity index (χ1v) is 9.89. The van der Waals surface area contributed by atoms with E-state index in [0.29, 0.717) is 16.1 Å². The molecular formula is C21H20N2O4S. The number of aryl methyl sites for hydroxylation is 1. The summed E-state index contributed by atoms with van der Waals surface area (Å²) in [6.45, 7) is 1.99. The minimum absolute atomic E-state index is 0.0909. The molecule has 28 heavy (non-hydrogen) atoms. The Balaban J connectivity index is 1.90. The molecule has 3 rings (SSSR count). The number of phenolic OH excluding ortho intramolecular Hbond substituents is 1. The van der Waals surface area contributed by atoms with E-state index in [2.05, 4.69) is 5.32 Å². The van der Waals surface area contributed by atoms with E-state index in [9.17, 15) is 20.0 Å². The van der Waals surface area contributed by atoms with Crippen molar-refractivity contribution < 1.29 is 19.4 Å². The number of aromatic hydroxyl groups is 1. The van der Waals surface area contributed by atoms with Crippen LogP contribution in [0.15, 0.2) is 29.8 Å². The zero-order valence-corrected chi connectivity index (χ0v) is 16.3. The molecule has 0 unspecified atom stereocenters. The van der Waals surface area contributed by atoms with Crippen molar-refractivity contribution in [1.29, 1.82) is 5.26 Å². The molecule has 2 aromatic rings. The number of benzene rings is 1. The monoisotopic (exact) mass is 396 g/mol. The van der Waals surface area contributed by atoms with Gasteiger partial charge < -0.3 is 15.2 Å². The number of amides is 1. The van der Waals surface area contributed by atoms with Crippen LogP contribution >= 0.6 is 11.3 Å². The van der Waals surface area contributed by atoms with Crippen molar-refractivity contribution >= 4 is 34.3 Å². The lowest BCUT2D eigenvalue weighted by atomic mass is 9.95. The summed E-state index contributed by atoms with van der Waals surface area (Å²) < 4.78 is 5.18. The van der Waals surface area contributed by atoms with Crippen molar-refractivity contribution in [3.05, 3.63) is 51.4 Å². The predicted octanol–water partition coefficient (Wildman–Crippen LogP) is 4.05. The van der Waals surface area contributed by atoms with E-state index in [1.807, 2.05) is 6.07 Å². The third-order valence-electron chi connectivity index (χ3n) is 4.45. The number of carbonyl (C=O) groups is 2. The highest BCUT2D eigenvalue weighted by atomic mass is 32.1. The first-order valence-electron chi connectivity index (χ1n) is 9.07.